The van der Waals surface area contributed by atoms with Gasteiger partial charge in [-0.3, -0.25) is 0 Å². The fourth-order valence-corrected chi connectivity index (χ4v) is 2.80. The fourth-order valence-electron chi connectivity index (χ4n) is 2.80. The molecule has 0 radical (unpaired) electrons. The highest BCUT2D eigenvalue weighted by Gasteiger charge is 2.60. The molecule has 3 saturated heterocycles. The van der Waals surface area contributed by atoms with Crippen LogP contribution in [-0.4, -0.2) is 105 Å². The number of hydrogen-bond donors (Lipinski definition) is 6. The van der Waals surface area contributed by atoms with Crippen molar-refractivity contribution in [3.63, 3.8) is 0 Å². The van der Waals surface area contributed by atoms with Crippen molar-refractivity contribution >= 4 is 0 Å². The third kappa shape index (κ3) is 2.36. The first-order valence-corrected chi connectivity index (χ1v) is 6.95. The quantitative estimate of drug-likeness (QED) is 0.257. The normalized spacial score (nSPS) is 56.5. The molecule has 10 nitrogen and oxygen atoms in total. The standard InChI is InChI=1S/C12H20O10/c13-5-1-19-11(9(17)7(5)15)3-22-12(4-21-11)10(18)8(16)6(14)2-20-12/h5-10,13-18H,1-4H2/t5-,6-,7-,8-,9+,10+,11+,12+/m1/s1. The van der Waals surface area contributed by atoms with E-state index in [1.807, 2.05) is 0 Å². The maximum Gasteiger partial charge on any atom is 0.221 e. The highest BCUT2D eigenvalue weighted by Crippen LogP contribution is 2.38. The lowest BCUT2D eigenvalue weighted by Gasteiger charge is -2.53. The van der Waals surface area contributed by atoms with Crippen molar-refractivity contribution in [2.45, 2.75) is 48.2 Å². The lowest BCUT2D eigenvalue weighted by atomic mass is 9.93. The molecule has 0 saturated carbocycles. The molecule has 3 aliphatic rings. The minimum absolute atomic E-state index is 0.265. The summed E-state index contributed by atoms with van der Waals surface area (Å²) in [5.41, 5.74) is 0. The average Bonchev–Trinajstić information content (AvgIpc) is 2.53. The van der Waals surface area contributed by atoms with Gasteiger partial charge in [0.1, 0.15) is 49.8 Å². The van der Waals surface area contributed by atoms with Crippen molar-refractivity contribution in [1.82, 2.24) is 0 Å². The van der Waals surface area contributed by atoms with Gasteiger partial charge in [-0.2, -0.15) is 0 Å². The molecule has 3 aliphatic heterocycles. The number of hydrogen-bond acceptors (Lipinski definition) is 10. The van der Waals surface area contributed by atoms with Gasteiger partial charge >= 0.3 is 0 Å². The smallest absolute Gasteiger partial charge is 0.221 e. The Labute approximate surface area is 125 Å². The first kappa shape index (κ1) is 16.5. The molecule has 22 heavy (non-hydrogen) atoms. The zero-order chi connectivity index (χ0) is 16.1. The fraction of sp³-hybridized carbons (Fsp3) is 1.00. The molecule has 3 fully saturated rings. The number of aliphatic hydroxyl groups excluding tert-OH is 6. The van der Waals surface area contributed by atoms with Gasteiger partial charge < -0.3 is 49.6 Å². The van der Waals surface area contributed by atoms with Gasteiger partial charge in [-0.1, -0.05) is 0 Å². The molecule has 10 heteroatoms. The van der Waals surface area contributed by atoms with Gasteiger partial charge in [0.05, 0.1) is 13.2 Å². The van der Waals surface area contributed by atoms with Crippen LogP contribution in [0.1, 0.15) is 0 Å². The van der Waals surface area contributed by atoms with Crippen molar-refractivity contribution in [3.05, 3.63) is 0 Å². The molecular formula is C12H20O10. The predicted octanol–water partition coefficient (Wildman–Crippen LogP) is -4.35. The first-order chi connectivity index (χ1) is 10.3. The SMILES string of the molecule is O[C@@H]1[C@H](O)CO[C@]2(CO[C@]3(CO2)OC[C@@H](O)[C@@H](O)[C@@H]3O)[C@H]1O. The van der Waals surface area contributed by atoms with Crippen LogP contribution < -0.4 is 0 Å². The van der Waals surface area contributed by atoms with E-state index in [-0.39, 0.29) is 13.2 Å². The molecule has 8 atom stereocenters. The van der Waals surface area contributed by atoms with Crippen molar-refractivity contribution in [1.29, 1.82) is 0 Å². The molecule has 128 valence electrons. The predicted molar refractivity (Wildman–Crippen MR) is 65.3 cm³/mol. The second-order valence-corrected chi connectivity index (χ2v) is 5.83. The maximum absolute atomic E-state index is 10.0. The molecule has 3 heterocycles. The average molecular weight is 324 g/mol. The summed E-state index contributed by atoms with van der Waals surface area (Å²) >= 11 is 0. The largest absolute Gasteiger partial charge is 0.388 e. The Hall–Kier alpha value is -0.400. The summed E-state index contributed by atoms with van der Waals surface area (Å²) in [6.07, 6.45) is -8.59. The van der Waals surface area contributed by atoms with E-state index in [0.717, 1.165) is 0 Å². The van der Waals surface area contributed by atoms with E-state index in [1.54, 1.807) is 0 Å². The van der Waals surface area contributed by atoms with E-state index in [0.29, 0.717) is 0 Å². The van der Waals surface area contributed by atoms with E-state index >= 15 is 0 Å². The Balaban J connectivity index is 1.72. The van der Waals surface area contributed by atoms with E-state index in [2.05, 4.69) is 0 Å². The molecule has 3 rings (SSSR count). The molecule has 0 aromatic carbocycles. The summed E-state index contributed by atoms with van der Waals surface area (Å²) in [5, 5.41) is 58.4. The van der Waals surface area contributed by atoms with Crippen LogP contribution >= 0.6 is 0 Å². The van der Waals surface area contributed by atoms with Crippen LogP contribution in [0.25, 0.3) is 0 Å². The van der Waals surface area contributed by atoms with Crippen LogP contribution in [-0.2, 0) is 18.9 Å². The monoisotopic (exact) mass is 324 g/mol. The summed E-state index contributed by atoms with van der Waals surface area (Å²) in [6, 6.07) is 0. The van der Waals surface area contributed by atoms with Gasteiger partial charge in [0.2, 0.25) is 11.6 Å². The zero-order valence-corrected chi connectivity index (χ0v) is 11.6. The van der Waals surface area contributed by atoms with Crippen LogP contribution in [0, 0.1) is 0 Å². The Bertz CT molecular complexity index is 371. The van der Waals surface area contributed by atoms with Crippen molar-refractivity contribution in [2.75, 3.05) is 26.4 Å². The molecule has 0 amide bonds. The summed E-state index contributed by atoms with van der Waals surface area (Å²) in [5.74, 6) is -3.40. The minimum Gasteiger partial charge on any atom is -0.388 e. The van der Waals surface area contributed by atoms with Gasteiger partial charge in [-0.15, -0.1) is 0 Å². The third-order valence-electron chi connectivity index (χ3n) is 4.37. The van der Waals surface area contributed by atoms with Crippen molar-refractivity contribution in [2.24, 2.45) is 0 Å². The lowest BCUT2D eigenvalue weighted by Crippen LogP contribution is -2.72. The van der Waals surface area contributed by atoms with Gasteiger partial charge in [-0.05, 0) is 0 Å². The van der Waals surface area contributed by atoms with Crippen LogP contribution in [0.4, 0.5) is 0 Å². The van der Waals surface area contributed by atoms with E-state index in [4.69, 9.17) is 18.9 Å². The molecular weight excluding hydrogens is 304 g/mol. The second-order valence-electron chi connectivity index (χ2n) is 5.83. The minimum atomic E-state index is -1.70. The highest BCUT2D eigenvalue weighted by molar-refractivity contribution is 5.00. The summed E-state index contributed by atoms with van der Waals surface area (Å²) in [4.78, 5) is 0. The van der Waals surface area contributed by atoms with E-state index < -0.39 is 61.4 Å². The van der Waals surface area contributed by atoms with Gasteiger partial charge in [-0.25, -0.2) is 0 Å². The molecule has 0 aromatic heterocycles. The van der Waals surface area contributed by atoms with E-state index in [9.17, 15) is 30.6 Å². The molecule has 0 unspecified atom stereocenters. The topological polar surface area (TPSA) is 158 Å². The number of rotatable bonds is 0. The van der Waals surface area contributed by atoms with Gasteiger partial charge in [0.15, 0.2) is 0 Å². The zero-order valence-electron chi connectivity index (χ0n) is 11.6. The Morgan fingerprint density at radius 1 is 0.591 bits per heavy atom. The molecule has 0 bridgehead atoms. The Morgan fingerprint density at radius 3 is 1.27 bits per heavy atom. The first-order valence-electron chi connectivity index (χ1n) is 6.95. The maximum atomic E-state index is 10.0. The molecule has 2 spiro atoms. The van der Waals surface area contributed by atoms with Crippen LogP contribution in [0.15, 0.2) is 0 Å². The molecule has 6 N–H and O–H groups in total. The summed E-state index contributed by atoms with van der Waals surface area (Å²) in [6.45, 7) is -1.34. The third-order valence-corrected chi connectivity index (χ3v) is 4.37. The summed E-state index contributed by atoms with van der Waals surface area (Å²) in [7, 11) is 0. The van der Waals surface area contributed by atoms with Crippen LogP contribution in [0.2, 0.25) is 0 Å². The number of ether oxygens (including phenoxy) is 4. The Morgan fingerprint density at radius 2 is 0.955 bits per heavy atom. The number of aliphatic hydroxyl groups is 6. The summed E-state index contributed by atoms with van der Waals surface area (Å²) < 4.78 is 21.4. The lowest BCUT2D eigenvalue weighted by molar-refractivity contribution is -0.450. The highest BCUT2D eigenvalue weighted by atomic mass is 16.8. The molecule has 0 aliphatic carbocycles. The van der Waals surface area contributed by atoms with Crippen molar-refractivity contribution in [3.8, 4) is 0 Å². The van der Waals surface area contributed by atoms with Crippen LogP contribution in [0.5, 0.6) is 0 Å². The van der Waals surface area contributed by atoms with Crippen molar-refractivity contribution < 1.29 is 49.6 Å². The Kier molecular flexibility index (Phi) is 4.19. The van der Waals surface area contributed by atoms with Gasteiger partial charge in [0, 0.05) is 0 Å². The van der Waals surface area contributed by atoms with Crippen LogP contribution in [0.3, 0.4) is 0 Å². The van der Waals surface area contributed by atoms with E-state index in [1.165, 1.54) is 0 Å². The molecule has 0 aromatic rings. The second kappa shape index (κ2) is 5.60. The van der Waals surface area contributed by atoms with Gasteiger partial charge in [0.25, 0.3) is 0 Å².